The Morgan fingerprint density at radius 3 is 2.25 bits per heavy atom. The Morgan fingerprint density at radius 2 is 1.67 bits per heavy atom. The lowest BCUT2D eigenvalue weighted by Crippen LogP contribution is -2.51. The number of likely N-dealkylation sites (tertiary alicyclic amines) is 1. The third-order valence-electron chi connectivity index (χ3n) is 6.57. The standard InChI is InChI=1S/C26H37N3O7/c1-6-29-19(16-28-13-11-17(12-14-28)24(30)35-7-2)22(25(31)36-8-3)23(27-26(29)32)18-9-10-20(33-4)21(15-18)34-5/h9-10,15,17,23H,6-8,11-14,16H2,1-5H3,(H,27,32)/t23-/m0/s1. The number of nitrogens with zero attached hydrogens (tertiary/aromatic N) is 2. The van der Waals surface area contributed by atoms with Crippen LogP contribution in [0.5, 0.6) is 11.5 Å². The van der Waals surface area contributed by atoms with Gasteiger partial charge in [-0.2, -0.15) is 0 Å². The van der Waals surface area contributed by atoms with Crippen LogP contribution in [0.1, 0.15) is 45.2 Å². The molecular weight excluding hydrogens is 466 g/mol. The molecule has 2 heterocycles. The van der Waals surface area contributed by atoms with Gasteiger partial charge in [0.05, 0.1) is 45.0 Å². The molecule has 1 N–H and O–H groups in total. The maximum Gasteiger partial charge on any atom is 0.338 e. The van der Waals surface area contributed by atoms with Crippen molar-refractivity contribution < 1.29 is 33.3 Å². The van der Waals surface area contributed by atoms with Gasteiger partial charge in [0.1, 0.15) is 0 Å². The molecule has 2 aliphatic rings. The van der Waals surface area contributed by atoms with Gasteiger partial charge in [0.25, 0.3) is 0 Å². The molecule has 1 aromatic carbocycles. The van der Waals surface area contributed by atoms with Crippen LogP contribution >= 0.6 is 0 Å². The van der Waals surface area contributed by atoms with Crippen LogP contribution in [0, 0.1) is 5.92 Å². The van der Waals surface area contributed by atoms with Crippen LogP contribution in [0.25, 0.3) is 0 Å². The quantitative estimate of drug-likeness (QED) is 0.486. The van der Waals surface area contributed by atoms with Gasteiger partial charge in [-0.1, -0.05) is 6.07 Å². The van der Waals surface area contributed by atoms with Crippen molar-refractivity contribution in [1.29, 1.82) is 0 Å². The van der Waals surface area contributed by atoms with Crippen LogP contribution in [0.4, 0.5) is 4.79 Å². The molecule has 198 valence electrons. The number of methoxy groups -OCH3 is 2. The van der Waals surface area contributed by atoms with Crippen molar-refractivity contribution in [2.24, 2.45) is 5.92 Å². The van der Waals surface area contributed by atoms with Gasteiger partial charge in [-0.15, -0.1) is 0 Å². The molecule has 0 saturated carbocycles. The Balaban J connectivity index is 1.98. The average molecular weight is 504 g/mol. The van der Waals surface area contributed by atoms with E-state index in [9.17, 15) is 14.4 Å². The molecule has 2 amide bonds. The largest absolute Gasteiger partial charge is 0.493 e. The lowest BCUT2D eigenvalue weighted by atomic mass is 9.92. The first-order valence-electron chi connectivity index (χ1n) is 12.5. The summed E-state index contributed by atoms with van der Waals surface area (Å²) < 4.78 is 21.4. The number of urea groups is 1. The predicted molar refractivity (Wildman–Crippen MR) is 133 cm³/mol. The van der Waals surface area contributed by atoms with Crippen molar-refractivity contribution in [3.63, 3.8) is 0 Å². The van der Waals surface area contributed by atoms with E-state index in [4.69, 9.17) is 18.9 Å². The van der Waals surface area contributed by atoms with Crippen molar-refractivity contribution in [1.82, 2.24) is 15.1 Å². The van der Waals surface area contributed by atoms with Gasteiger partial charge < -0.3 is 24.3 Å². The highest BCUT2D eigenvalue weighted by atomic mass is 16.5. The van der Waals surface area contributed by atoms with Gasteiger partial charge >= 0.3 is 18.0 Å². The van der Waals surface area contributed by atoms with E-state index in [1.165, 1.54) is 7.11 Å². The monoisotopic (exact) mass is 503 g/mol. The lowest BCUT2D eigenvalue weighted by Gasteiger charge is -2.39. The first-order chi connectivity index (χ1) is 17.4. The van der Waals surface area contributed by atoms with E-state index in [0.29, 0.717) is 74.0 Å². The van der Waals surface area contributed by atoms with Crippen molar-refractivity contribution in [2.75, 3.05) is 53.6 Å². The van der Waals surface area contributed by atoms with E-state index in [0.717, 1.165) is 0 Å². The Hall–Kier alpha value is -3.27. The number of carbonyl (C=O) groups excluding carboxylic acids is 3. The van der Waals surface area contributed by atoms with Crippen LogP contribution in [-0.4, -0.2) is 81.4 Å². The molecule has 0 aromatic heterocycles. The molecule has 1 atom stereocenters. The summed E-state index contributed by atoms with van der Waals surface area (Å²) in [7, 11) is 3.08. The van der Waals surface area contributed by atoms with E-state index in [1.54, 1.807) is 44.1 Å². The number of benzene rings is 1. The summed E-state index contributed by atoms with van der Waals surface area (Å²) in [6.45, 7) is 8.09. The summed E-state index contributed by atoms with van der Waals surface area (Å²) in [6.07, 6.45) is 1.33. The summed E-state index contributed by atoms with van der Waals surface area (Å²) in [5.74, 6) is 0.269. The molecular formula is C26H37N3O7. The number of piperidine rings is 1. The number of esters is 2. The van der Waals surface area contributed by atoms with Crippen LogP contribution in [0.15, 0.2) is 29.5 Å². The van der Waals surface area contributed by atoms with E-state index in [-0.39, 0.29) is 24.5 Å². The molecule has 0 unspecified atom stereocenters. The summed E-state index contributed by atoms with van der Waals surface area (Å²) in [4.78, 5) is 42.4. The Bertz CT molecular complexity index is 986. The molecule has 2 aliphatic heterocycles. The zero-order chi connectivity index (χ0) is 26.2. The molecule has 36 heavy (non-hydrogen) atoms. The maximum atomic E-state index is 13.3. The van der Waals surface area contributed by atoms with E-state index in [1.807, 2.05) is 6.92 Å². The van der Waals surface area contributed by atoms with Gasteiger partial charge in [0.2, 0.25) is 0 Å². The zero-order valence-corrected chi connectivity index (χ0v) is 21.8. The van der Waals surface area contributed by atoms with Gasteiger partial charge in [0.15, 0.2) is 11.5 Å². The summed E-state index contributed by atoms with van der Waals surface area (Å²) in [5, 5.41) is 2.97. The number of hydrogen-bond donors (Lipinski definition) is 1. The lowest BCUT2D eigenvalue weighted by molar-refractivity contribution is -0.149. The Kier molecular flexibility index (Phi) is 9.58. The van der Waals surface area contributed by atoms with Crippen LogP contribution in [-0.2, 0) is 19.1 Å². The normalized spacial score (nSPS) is 19.1. The minimum Gasteiger partial charge on any atom is -0.493 e. The average Bonchev–Trinajstić information content (AvgIpc) is 2.88. The number of nitrogens with one attached hydrogen (secondary N) is 1. The fraction of sp³-hybridized carbons (Fsp3) is 0.577. The molecule has 0 radical (unpaired) electrons. The smallest absolute Gasteiger partial charge is 0.338 e. The molecule has 1 saturated heterocycles. The second-order valence-corrected chi connectivity index (χ2v) is 8.62. The predicted octanol–water partition coefficient (Wildman–Crippen LogP) is 2.88. The van der Waals surface area contributed by atoms with E-state index in [2.05, 4.69) is 10.2 Å². The van der Waals surface area contributed by atoms with Gasteiger partial charge in [-0.25, -0.2) is 9.59 Å². The van der Waals surface area contributed by atoms with E-state index < -0.39 is 12.0 Å². The van der Waals surface area contributed by atoms with Crippen LogP contribution in [0.3, 0.4) is 0 Å². The van der Waals surface area contributed by atoms with Gasteiger partial charge in [-0.3, -0.25) is 14.6 Å². The topological polar surface area (TPSA) is 107 Å². The molecule has 0 spiro atoms. The third kappa shape index (κ3) is 5.92. The highest BCUT2D eigenvalue weighted by molar-refractivity contribution is 5.95. The van der Waals surface area contributed by atoms with Gasteiger partial charge in [-0.05, 0) is 64.4 Å². The molecule has 0 aliphatic carbocycles. The molecule has 10 nitrogen and oxygen atoms in total. The molecule has 1 aromatic rings. The number of carbonyl (C=O) groups is 3. The fourth-order valence-corrected chi connectivity index (χ4v) is 4.74. The number of hydrogen-bond acceptors (Lipinski definition) is 8. The Labute approximate surface area is 212 Å². The fourth-order valence-electron chi connectivity index (χ4n) is 4.74. The maximum absolute atomic E-state index is 13.3. The first kappa shape index (κ1) is 27.3. The second-order valence-electron chi connectivity index (χ2n) is 8.62. The number of ether oxygens (including phenoxy) is 4. The van der Waals surface area contributed by atoms with Crippen LogP contribution < -0.4 is 14.8 Å². The summed E-state index contributed by atoms with van der Waals surface area (Å²) in [5.41, 5.74) is 1.67. The molecule has 10 heteroatoms. The zero-order valence-electron chi connectivity index (χ0n) is 21.8. The first-order valence-corrected chi connectivity index (χ1v) is 12.5. The number of amides is 2. The Morgan fingerprint density at radius 1 is 1.00 bits per heavy atom. The molecule has 3 rings (SSSR count). The van der Waals surface area contributed by atoms with Crippen molar-refractivity contribution in [3.8, 4) is 11.5 Å². The summed E-state index contributed by atoms with van der Waals surface area (Å²) >= 11 is 0. The minimum atomic E-state index is -0.716. The molecule has 0 bridgehead atoms. The van der Waals surface area contributed by atoms with Crippen LogP contribution in [0.2, 0.25) is 0 Å². The minimum absolute atomic E-state index is 0.129. The third-order valence-corrected chi connectivity index (χ3v) is 6.57. The van der Waals surface area contributed by atoms with Crippen molar-refractivity contribution in [2.45, 2.75) is 39.7 Å². The summed E-state index contributed by atoms with van der Waals surface area (Å²) in [6, 6.07) is 4.30. The highest BCUT2D eigenvalue weighted by Gasteiger charge is 2.39. The van der Waals surface area contributed by atoms with Crippen molar-refractivity contribution >= 4 is 18.0 Å². The highest BCUT2D eigenvalue weighted by Crippen LogP contribution is 2.36. The van der Waals surface area contributed by atoms with Gasteiger partial charge in [0, 0.05) is 18.8 Å². The second kappa shape index (κ2) is 12.6. The van der Waals surface area contributed by atoms with E-state index >= 15 is 0 Å². The molecule has 1 fully saturated rings. The SMILES string of the molecule is CCOC(=O)C1=C(CN2CCC(C(=O)OCC)CC2)N(CC)C(=O)N[C@H]1c1ccc(OC)c(OC)c1. The number of likely N-dealkylation sites (N-methyl/N-ethyl adjacent to an activating group) is 1. The number of rotatable bonds is 10. The van der Waals surface area contributed by atoms with Crippen molar-refractivity contribution in [3.05, 3.63) is 35.0 Å².